The van der Waals surface area contributed by atoms with E-state index in [9.17, 15) is 9.59 Å². The van der Waals surface area contributed by atoms with Crippen LogP contribution < -0.4 is 9.64 Å². The van der Waals surface area contributed by atoms with Crippen LogP contribution in [0.3, 0.4) is 0 Å². The standard InChI is InChI=1S/C22H25N3O3/c1-16-7-8-20(14-23-16)28-19-9-11-24(12-10-19)22(27)17-13-21(26)25(15-17)18-5-3-2-4-6-18/h2-8,14,17,19H,9-13,15H2,1H3. The Morgan fingerprint density at radius 1 is 1.11 bits per heavy atom. The number of hydrogen-bond acceptors (Lipinski definition) is 4. The van der Waals surface area contributed by atoms with Gasteiger partial charge in [-0.05, 0) is 31.2 Å². The molecule has 1 aromatic carbocycles. The third-order valence-corrected chi connectivity index (χ3v) is 5.48. The number of aromatic nitrogens is 1. The maximum Gasteiger partial charge on any atom is 0.228 e. The molecule has 0 spiro atoms. The van der Waals surface area contributed by atoms with Gasteiger partial charge in [-0.3, -0.25) is 14.6 Å². The van der Waals surface area contributed by atoms with Crippen LogP contribution in [-0.4, -0.2) is 47.4 Å². The number of carbonyl (C=O) groups is 2. The molecule has 2 aliphatic heterocycles. The highest BCUT2D eigenvalue weighted by atomic mass is 16.5. The summed E-state index contributed by atoms with van der Waals surface area (Å²) in [6, 6.07) is 13.4. The first-order chi connectivity index (χ1) is 13.6. The molecule has 1 aromatic heterocycles. The largest absolute Gasteiger partial charge is 0.489 e. The van der Waals surface area contributed by atoms with Crippen LogP contribution in [0.5, 0.6) is 5.75 Å². The highest BCUT2D eigenvalue weighted by Gasteiger charge is 2.38. The summed E-state index contributed by atoms with van der Waals surface area (Å²) >= 11 is 0. The normalized spacial score (nSPS) is 20.5. The summed E-state index contributed by atoms with van der Waals surface area (Å²) in [5.74, 6) is 0.624. The van der Waals surface area contributed by atoms with E-state index in [1.165, 1.54) is 0 Å². The van der Waals surface area contributed by atoms with Crippen molar-refractivity contribution in [2.24, 2.45) is 5.92 Å². The van der Waals surface area contributed by atoms with Crippen LogP contribution >= 0.6 is 0 Å². The molecule has 0 saturated carbocycles. The molecule has 0 N–H and O–H groups in total. The lowest BCUT2D eigenvalue weighted by atomic mass is 10.0. The van der Waals surface area contributed by atoms with E-state index in [0.29, 0.717) is 26.1 Å². The number of piperidine rings is 1. The summed E-state index contributed by atoms with van der Waals surface area (Å²) in [4.78, 5) is 33.2. The van der Waals surface area contributed by atoms with Crippen molar-refractivity contribution in [2.75, 3.05) is 24.5 Å². The van der Waals surface area contributed by atoms with Gasteiger partial charge in [0.15, 0.2) is 0 Å². The van der Waals surface area contributed by atoms with Crippen LogP contribution in [0.25, 0.3) is 0 Å². The lowest BCUT2D eigenvalue weighted by Gasteiger charge is -2.33. The minimum absolute atomic E-state index is 0.0228. The van der Waals surface area contributed by atoms with Crippen molar-refractivity contribution in [2.45, 2.75) is 32.3 Å². The van der Waals surface area contributed by atoms with Crippen molar-refractivity contribution in [3.8, 4) is 5.75 Å². The van der Waals surface area contributed by atoms with E-state index in [1.54, 1.807) is 11.1 Å². The minimum Gasteiger partial charge on any atom is -0.489 e. The van der Waals surface area contributed by atoms with Gasteiger partial charge in [0.1, 0.15) is 11.9 Å². The molecule has 3 heterocycles. The molecule has 2 amide bonds. The fourth-order valence-electron chi connectivity index (χ4n) is 3.90. The van der Waals surface area contributed by atoms with Crippen LogP contribution in [0.4, 0.5) is 5.69 Å². The first kappa shape index (κ1) is 18.5. The van der Waals surface area contributed by atoms with Crippen molar-refractivity contribution in [3.05, 3.63) is 54.4 Å². The minimum atomic E-state index is -0.258. The van der Waals surface area contributed by atoms with E-state index in [2.05, 4.69) is 4.98 Å². The Morgan fingerprint density at radius 3 is 2.54 bits per heavy atom. The first-order valence-electron chi connectivity index (χ1n) is 9.83. The molecule has 1 unspecified atom stereocenters. The van der Waals surface area contributed by atoms with Crippen molar-refractivity contribution in [1.29, 1.82) is 0 Å². The van der Waals surface area contributed by atoms with E-state index in [1.807, 2.05) is 54.3 Å². The van der Waals surface area contributed by atoms with E-state index in [4.69, 9.17) is 4.74 Å². The van der Waals surface area contributed by atoms with Gasteiger partial charge in [-0.1, -0.05) is 18.2 Å². The number of carbonyl (C=O) groups excluding carboxylic acids is 2. The zero-order valence-corrected chi connectivity index (χ0v) is 16.1. The fraction of sp³-hybridized carbons (Fsp3) is 0.409. The Morgan fingerprint density at radius 2 is 1.86 bits per heavy atom. The molecule has 6 nitrogen and oxygen atoms in total. The third-order valence-electron chi connectivity index (χ3n) is 5.48. The van der Waals surface area contributed by atoms with Gasteiger partial charge in [-0.2, -0.15) is 0 Å². The lowest BCUT2D eigenvalue weighted by molar-refractivity contribution is -0.137. The lowest BCUT2D eigenvalue weighted by Crippen LogP contribution is -2.44. The van der Waals surface area contributed by atoms with Gasteiger partial charge in [-0.15, -0.1) is 0 Å². The third kappa shape index (κ3) is 4.01. The number of nitrogens with zero attached hydrogens (tertiary/aromatic N) is 3. The molecule has 0 aliphatic carbocycles. The molecule has 28 heavy (non-hydrogen) atoms. The van der Waals surface area contributed by atoms with Gasteiger partial charge < -0.3 is 14.5 Å². The molecule has 0 radical (unpaired) electrons. The predicted molar refractivity (Wildman–Crippen MR) is 106 cm³/mol. The maximum atomic E-state index is 12.9. The van der Waals surface area contributed by atoms with Crippen molar-refractivity contribution < 1.29 is 14.3 Å². The summed E-state index contributed by atoms with van der Waals surface area (Å²) in [5, 5.41) is 0. The number of benzene rings is 1. The van der Waals surface area contributed by atoms with Gasteiger partial charge in [0, 0.05) is 50.3 Å². The van der Waals surface area contributed by atoms with Crippen LogP contribution in [-0.2, 0) is 9.59 Å². The quantitative estimate of drug-likeness (QED) is 0.820. The highest BCUT2D eigenvalue weighted by molar-refractivity contribution is 6.00. The number of hydrogen-bond donors (Lipinski definition) is 0. The number of amides is 2. The summed E-state index contributed by atoms with van der Waals surface area (Å²) in [6.07, 6.45) is 3.72. The molecule has 4 rings (SSSR count). The van der Waals surface area contributed by atoms with Gasteiger partial charge in [0.25, 0.3) is 0 Å². The van der Waals surface area contributed by atoms with Crippen molar-refractivity contribution in [3.63, 3.8) is 0 Å². The summed E-state index contributed by atoms with van der Waals surface area (Å²) in [5.41, 5.74) is 1.82. The van der Waals surface area contributed by atoms with Gasteiger partial charge in [0.05, 0.1) is 12.1 Å². The first-order valence-corrected chi connectivity index (χ1v) is 9.83. The number of ether oxygens (including phenoxy) is 1. The summed E-state index contributed by atoms with van der Waals surface area (Å²) < 4.78 is 5.99. The van der Waals surface area contributed by atoms with Crippen LogP contribution in [0, 0.1) is 12.8 Å². The zero-order chi connectivity index (χ0) is 19.5. The van der Waals surface area contributed by atoms with E-state index < -0.39 is 0 Å². The topological polar surface area (TPSA) is 62.7 Å². The van der Waals surface area contributed by atoms with E-state index in [0.717, 1.165) is 30.0 Å². The zero-order valence-electron chi connectivity index (χ0n) is 16.1. The smallest absolute Gasteiger partial charge is 0.228 e. The van der Waals surface area contributed by atoms with Crippen molar-refractivity contribution in [1.82, 2.24) is 9.88 Å². The second-order valence-electron chi connectivity index (χ2n) is 7.52. The number of aryl methyl sites for hydroxylation is 1. The average Bonchev–Trinajstić information content (AvgIpc) is 3.12. The second-order valence-corrected chi connectivity index (χ2v) is 7.52. The Bertz CT molecular complexity index is 830. The Kier molecular flexibility index (Phi) is 5.28. The molecule has 2 fully saturated rings. The van der Waals surface area contributed by atoms with Gasteiger partial charge >= 0.3 is 0 Å². The number of anilines is 1. The molecule has 0 bridgehead atoms. The number of rotatable bonds is 4. The Labute approximate surface area is 165 Å². The molecule has 146 valence electrons. The number of likely N-dealkylation sites (tertiary alicyclic amines) is 1. The van der Waals surface area contributed by atoms with Crippen LogP contribution in [0.15, 0.2) is 48.7 Å². The summed E-state index contributed by atoms with van der Waals surface area (Å²) in [6.45, 7) is 3.74. The van der Waals surface area contributed by atoms with E-state index in [-0.39, 0.29) is 23.8 Å². The molecule has 2 saturated heterocycles. The molecule has 2 aromatic rings. The maximum absolute atomic E-state index is 12.9. The predicted octanol–water partition coefficient (Wildman–Crippen LogP) is 2.81. The SMILES string of the molecule is Cc1ccc(OC2CCN(C(=O)C3CC(=O)N(c4ccccc4)C3)CC2)cn1. The fourth-order valence-corrected chi connectivity index (χ4v) is 3.90. The molecule has 6 heteroatoms. The highest BCUT2D eigenvalue weighted by Crippen LogP contribution is 2.27. The Hall–Kier alpha value is -2.89. The van der Waals surface area contributed by atoms with Gasteiger partial charge in [0.2, 0.25) is 11.8 Å². The monoisotopic (exact) mass is 379 g/mol. The van der Waals surface area contributed by atoms with Crippen LogP contribution in [0.1, 0.15) is 25.0 Å². The van der Waals surface area contributed by atoms with Crippen LogP contribution in [0.2, 0.25) is 0 Å². The molecule has 2 aliphatic rings. The van der Waals surface area contributed by atoms with E-state index >= 15 is 0 Å². The number of pyridine rings is 1. The van der Waals surface area contributed by atoms with Crippen molar-refractivity contribution >= 4 is 17.5 Å². The molecular weight excluding hydrogens is 354 g/mol. The molecular formula is C22H25N3O3. The second kappa shape index (κ2) is 8.00. The average molecular weight is 379 g/mol. The summed E-state index contributed by atoms with van der Waals surface area (Å²) in [7, 11) is 0. The Balaban J connectivity index is 1.30. The number of para-hydroxylation sites is 1. The van der Waals surface area contributed by atoms with Gasteiger partial charge in [-0.25, -0.2) is 0 Å². The molecule has 1 atom stereocenters.